The SMILES string of the molecule is COc1ccccc1N1C(=O)C(CNc2nnc(C)s2)C(=O)N(c2ccccc2OC)C1=S. The molecular formula is C22H21N5O4S2. The first-order valence-corrected chi connectivity index (χ1v) is 11.2. The van der Waals surface area contributed by atoms with E-state index in [0.717, 1.165) is 5.01 Å². The number of aromatic nitrogens is 2. The van der Waals surface area contributed by atoms with Crippen molar-refractivity contribution >= 4 is 57.0 Å². The standard InChI is InChI=1S/C22H21N5O4S2/c1-13-24-25-21(33-13)23-12-14-19(28)26(15-8-4-6-10-17(15)30-2)22(32)27(20(14)29)16-9-5-7-11-18(16)31-3/h4-11,14H,12H2,1-3H3,(H,23,25). The van der Waals surface area contributed by atoms with Gasteiger partial charge in [-0.2, -0.15) is 0 Å². The Morgan fingerprint density at radius 3 is 1.91 bits per heavy atom. The van der Waals surface area contributed by atoms with E-state index in [1.165, 1.54) is 35.4 Å². The third kappa shape index (κ3) is 4.24. The quantitative estimate of drug-likeness (QED) is 0.404. The molecule has 33 heavy (non-hydrogen) atoms. The van der Waals surface area contributed by atoms with Crippen LogP contribution in [0.1, 0.15) is 5.01 Å². The maximum absolute atomic E-state index is 13.6. The Labute approximate surface area is 199 Å². The van der Waals surface area contributed by atoms with Crippen molar-refractivity contribution in [3.8, 4) is 11.5 Å². The van der Waals surface area contributed by atoms with Crippen molar-refractivity contribution in [2.24, 2.45) is 5.92 Å². The molecule has 0 atom stereocenters. The Morgan fingerprint density at radius 1 is 0.939 bits per heavy atom. The number of ether oxygens (including phenoxy) is 2. The van der Waals surface area contributed by atoms with E-state index in [-0.39, 0.29) is 11.7 Å². The third-order valence-corrected chi connectivity index (χ3v) is 6.22. The number of para-hydroxylation sites is 4. The minimum absolute atomic E-state index is 0.0157. The average Bonchev–Trinajstić information content (AvgIpc) is 3.24. The van der Waals surface area contributed by atoms with Crippen LogP contribution in [0.3, 0.4) is 0 Å². The van der Waals surface area contributed by atoms with Gasteiger partial charge in [-0.1, -0.05) is 35.6 Å². The highest BCUT2D eigenvalue weighted by Crippen LogP contribution is 2.37. The highest BCUT2D eigenvalue weighted by molar-refractivity contribution is 7.81. The lowest BCUT2D eigenvalue weighted by Crippen LogP contribution is -2.61. The van der Waals surface area contributed by atoms with Crippen molar-refractivity contribution in [3.05, 3.63) is 53.5 Å². The van der Waals surface area contributed by atoms with Crippen LogP contribution in [-0.2, 0) is 9.59 Å². The van der Waals surface area contributed by atoms with Crippen LogP contribution < -0.4 is 24.6 Å². The predicted molar refractivity (Wildman–Crippen MR) is 130 cm³/mol. The molecule has 1 N–H and O–H groups in total. The normalized spacial score (nSPS) is 14.6. The molecule has 2 aromatic carbocycles. The molecule has 0 saturated carbocycles. The molecule has 170 valence electrons. The van der Waals surface area contributed by atoms with Gasteiger partial charge in [0.05, 0.1) is 25.6 Å². The molecule has 9 nitrogen and oxygen atoms in total. The van der Waals surface area contributed by atoms with Gasteiger partial charge in [0.25, 0.3) is 0 Å². The molecule has 2 heterocycles. The number of thiocarbonyl (C=S) groups is 1. The number of carbonyl (C=O) groups is 2. The summed E-state index contributed by atoms with van der Waals surface area (Å²) < 4.78 is 10.9. The maximum atomic E-state index is 13.6. The van der Waals surface area contributed by atoms with E-state index in [1.54, 1.807) is 48.5 Å². The summed E-state index contributed by atoms with van der Waals surface area (Å²) in [5, 5.41) is 12.3. The molecule has 1 aromatic heterocycles. The first kappa shape index (κ1) is 22.6. The van der Waals surface area contributed by atoms with Crippen molar-refractivity contribution in [1.29, 1.82) is 0 Å². The fraction of sp³-hybridized carbons (Fsp3) is 0.227. The molecule has 0 bridgehead atoms. The fourth-order valence-electron chi connectivity index (χ4n) is 3.51. The number of carbonyl (C=O) groups excluding carboxylic acids is 2. The largest absolute Gasteiger partial charge is 0.495 e. The highest BCUT2D eigenvalue weighted by Gasteiger charge is 2.46. The number of hydrogen-bond donors (Lipinski definition) is 1. The number of nitrogens with zero attached hydrogens (tertiary/aromatic N) is 4. The van der Waals surface area contributed by atoms with Crippen LogP contribution in [0.2, 0.25) is 0 Å². The van der Waals surface area contributed by atoms with E-state index in [0.29, 0.717) is 28.0 Å². The van der Waals surface area contributed by atoms with E-state index in [9.17, 15) is 9.59 Å². The Balaban J connectivity index is 1.78. The van der Waals surface area contributed by atoms with Gasteiger partial charge in [-0.15, -0.1) is 10.2 Å². The van der Waals surface area contributed by atoms with Crippen molar-refractivity contribution < 1.29 is 19.1 Å². The average molecular weight is 484 g/mol. The number of anilines is 3. The molecule has 0 spiro atoms. The van der Waals surface area contributed by atoms with Gasteiger partial charge in [0.15, 0.2) is 5.11 Å². The van der Waals surface area contributed by atoms with Crippen LogP contribution in [-0.4, -0.2) is 47.9 Å². The number of aryl methyl sites for hydroxylation is 1. The van der Waals surface area contributed by atoms with Gasteiger partial charge in [-0.05, 0) is 43.4 Å². The Morgan fingerprint density at radius 2 is 1.45 bits per heavy atom. The van der Waals surface area contributed by atoms with Gasteiger partial charge in [0.1, 0.15) is 22.4 Å². The molecule has 1 aliphatic heterocycles. The minimum atomic E-state index is -1.07. The Kier molecular flexibility index (Phi) is 6.52. The second-order valence-electron chi connectivity index (χ2n) is 7.03. The summed E-state index contributed by atoms with van der Waals surface area (Å²) in [5.41, 5.74) is 0.887. The second-order valence-corrected chi connectivity index (χ2v) is 8.58. The highest BCUT2D eigenvalue weighted by atomic mass is 32.1. The Hall–Kier alpha value is -3.57. The maximum Gasteiger partial charge on any atom is 0.247 e. The summed E-state index contributed by atoms with van der Waals surface area (Å²) in [4.78, 5) is 29.9. The summed E-state index contributed by atoms with van der Waals surface area (Å²) in [5.74, 6) is -1.09. The lowest BCUT2D eigenvalue weighted by atomic mass is 10.0. The van der Waals surface area contributed by atoms with E-state index >= 15 is 0 Å². The van der Waals surface area contributed by atoms with Crippen molar-refractivity contribution in [2.45, 2.75) is 6.92 Å². The smallest absolute Gasteiger partial charge is 0.247 e. The molecular weight excluding hydrogens is 462 g/mol. The monoisotopic (exact) mass is 483 g/mol. The van der Waals surface area contributed by atoms with Crippen LogP contribution in [0.5, 0.6) is 11.5 Å². The molecule has 2 amide bonds. The number of amides is 2. The van der Waals surface area contributed by atoms with Crippen LogP contribution >= 0.6 is 23.6 Å². The van der Waals surface area contributed by atoms with E-state index < -0.39 is 17.7 Å². The van der Waals surface area contributed by atoms with E-state index in [1.807, 2.05) is 6.92 Å². The van der Waals surface area contributed by atoms with Crippen LogP contribution in [0.15, 0.2) is 48.5 Å². The lowest BCUT2D eigenvalue weighted by molar-refractivity contribution is -0.131. The summed E-state index contributed by atoms with van der Waals surface area (Å²) in [6, 6.07) is 14.0. The topological polar surface area (TPSA) is 96.9 Å². The molecule has 0 unspecified atom stereocenters. The summed E-state index contributed by atoms with van der Waals surface area (Å²) in [7, 11) is 3.02. The Bertz CT molecular complexity index is 1150. The van der Waals surface area contributed by atoms with Gasteiger partial charge >= 0.3 is 0 Å². The molecule has 11 heteroatoms. The zero-order chi connectivity index (χ0) is 23.5. The van der Waals surface area contributed by atoms with E-state index in [4.69, 9.17) is 21.7 Å². The number of benzene rings is 2. The van der Waals surface area contributed by atoms with Gasteiger partial charge in [0, 0.05) is 6.54 Å². The van der Waals surface area contributed by atoms with Gasteiger partial charge < -0.3 is 14.8 Å². The molecule has 1 aliphatic rings. The number of hydrogen-bond acceptors (Lipinski definition) is 9. The molecule has 0 aliphatic carbocycles. The lowest BCUT2D eigenvalue weighted by Gasteiger charge is -2.39. The zero-order valence-electron chi connectivity index (χ0n) is 18.1. The molecule has 3 aromatic rings. The summed E-state index contributed by atoms with van der Waals surface area (Å²) in [6.07, 6.45) is 0. The van der Waals surface area contributed by atoms with E-state index in [2.05, 4.69) is 15.5 Å². The molecule has 0 radical (unpaired) electrons. The van der Waals surface area contributed by atoms with Crippen LogP contribution in [0, 0.1) is 12.8 Å². The van der Waals surface area contributed by atoms with Crippen LogP contribution in [0.25, 0.3) is 0 Å². The predicted octanol–water partition coefficient (Wildman–Crippen LogP) is 3.26. The third-order valence-electron chi connectivity index (χ3n) is 5.06. The van der Waals surface area contributed by atoms with Crippen molar-refractivity contribution in [1.82, 2.24) is 10.2 Å². The first-order valence-electron chi connectivity index (χ1n) is 9.98. The molecule has 1 fully saturated rings. The second kappa shape index (κ2) is 9.51. The van der Waals surface area contributed by atoms with Gasteiger partial charge in [0.2, 0.25) is 16.9 Å². The van der Waals surface area contributed by atoms with Gasteiger partial charge in [-0.3, -0.25) is 19.4 Å². The van der Waals surface area contributed by atoms with Crippen LogP contribution in [0.4, 0.5) is 16.5 Å². The first-order chi connectivity index (χ1) is 16.0. The molecule has 4 rings (SSSR count). The fourth-order valence-corrected chi connectivity index (χ4v) is 4.49. The summed E-state index contributed by atoms with van der Waals surface area (Å²) in [6.45, 7) is 1.84. The number of nitrogens with one attached hydrogen (secondary N) is 1. The molecule has 1 saturated heterocycles. The zero-order valence-corrected chi connectivity index (χ0v) is 19.8. The summed E-state index contributed by atoms with van der Waals surface area (Å²) >= 11 is 7.01. The number of rotatable bonds is 7. The number of methoxy groups -OCH3 is 2. The van der Waals surface area contributed by atoms with Gasteiger partial charge in [-0.25, -0.2) is 0 Å². The van der Waals surface area contributed by atoms with Crippen molar-refractivity contribution in [2.75, 3.05) is 35.9 Å². The van der Waals surface area contributed by atoms with Crippen molar-refractivity contribution in [3.63, 3.8) is 0 Å². The minimum Gasteiger partial charge on any atom is -0.495 e.